The van der Waals surface area contributed by atoms with E-state index >= 15 is 0 Å². The van der Waals surface area contributed by atoms with Gasteiger partial charge < -0.3 is 9.64 Å². The van der Waals surface area contributed by atoms with Gasteiger partial charge in [0.05, 0.1) is 0 Å². The quantitative estimate of drug-likeness (QED) is 0.798. The van der Waals surface area contributed by atoms with Gasteiger partial charge in [0.15, 0.2) is 0 Å². The second-order valence-electron chi connectivity index (χ2n) is 6.78. The van der Waals surface area contributed by atoms with Crippen molar-refractivity contribution in [3.8, 4) is 5.75 Å². The molecule has 1 aromatic carbocycles. The van der Waals surface area contributed by atoms with Gasteiger partial charge in [0.2, 0.25) is 0 Å². The molecule has 0 radical (unpaired) electrons. The lowest BCUT2D eigenvalue weighted by atomic mass is 9.90. The van der Waals surface area contributed by atoms with Crippen molar-refractivity contribution in [2.75, 3.05) is 13.1 Å². The first-order valence-corrected chi connectivity index (χ1v) is 8.76. The zero-order valence-corrected chi connectivity index (χ0v) is 13.6. The van der Waals surface area contributed by atoms with E-state index in [-0.39, 0.29) is 0 Å². The van der Waals surface area contributed by atoms with Crippen LogP contribution in [0.25, 0.3) is 0 Å². The molecule has 0 spiro atoms. The van der Waals surface area contributed by atoms with Crippen LogP contribution in [0.4, 0.5) is 0 Å². The Balaban J connectivity index is 1.53. The normalized spacial score (nSPS) is 21.2. The molecule has 0 amide bonds. The van der Waals surface area contributed by atoms with Crippen LogP contribution in [-0.2, 0) is 6.42 Å². The van der Waals surface area contributed by atoms with Gasteiger partial charge in [-0.3, -0.25) is 0 Å². The van der Waals surface area contributed by atoms with Crippen molar-refractivity contribution in [2.45, 2.75) is 70.9 Å². The van der Waals surface area contributed by atoms with Gasteiger partial charge >= 0.3 is 0 Å². The Morgan fingerprint density at radius 2 is 1.90 bits per heavy atom. The van der Waals surface area contributed by atoms with Crippen LogP contribution in [0.3, 0.4) is 0 Å². The lowest BCUT2D eigenvalue weighted by Crippen LogP contribution is -2.46. The van der Waals surface area contributed by atoms with E-state index in [0.29, 0.717) is 6.10 Å². The second kappa shape index (κ2) is 6.83. The first kappa shape index (κ1) is 14.9. The molecule has 1 aromatic rings. The Kier molecular flexibility index (Phi) is 4.84. The fourth-order valence-corrected chi connectivity index (χ4v) is 3.56. The Morgan fingerprint density at radius 1 is 1.14 bits per heavy atom. The molecule has 0 aromatic heterocycles. The SMILES string of the molecule is CCCc1cc(OC2CCN(C3CCC3)CC2)ccc1C. The highest BCUT2D eigenvalue weighted by molar-refractivity contribution is 5.35. The summed E-state index contributed by atoms with van der Waals surface area (Å²) in [6, 6.07) is 7.51. The number of nitrogens with zero attached hydrogens (tertiary/aromatic N) is 1. The van der Waals surface area contributed by atoms with E-state index in [9.17, 15) is 0 Å². The lowest BCUT2D eigenvalue weighted by Gasteiger charge is -2.41. The molecule has 1 saturated heterocycles. The maximum absolute atomic E-state index is 6.25. The smallest absolute Gasteiger partial charge is 0.120 e. The van der Waals surface area contributed by atoms with Crippen LogP contribution >= 0.6 is 0 Å². The number of aryl methyl sites for hydroxylation is 2. The molecule has 2 aliphatic rings. The largest absolute Gasteiger partial charge is 0.490 e. The summed E-state index contributed by atoms with van der Waals surface area (Å²) in [7, 11) is 0. The number of hydrogen-bond donors (Lipinski definition) is 0. The number of rotatable bonds is 5. The minimum Gasteiger partial charge on any atom is -0.490 e. The average Bonchev–Trinajstić information content (AvgIpc) is 2.43. The van der Waals surface area contributed by atoms with Crippen LogP contribution in [0.15, 0.2) is 18.2 Å². The van der Waals surface area contributed by atoms with Gasteiger partial charge in [-0.05, 0) is 62.3 Å². The first-order chi connectivity index (χ1) is 10.3. The summed E-state index contributed by atoms with van der Waals surface area (Å²) >= 11 is 0. The van der Waals surface area contributed by atoms with Gasteiger partial charge in [-0.15, -0.1) is 0 Å². The molecule has 1 aliphatic heterocycles. The summed E-state index contributed by atoms with van der Waals surface area (Å²) in [6.07, 6.45) is 9.42. The Morgan fingerprint density at radius 3 is 2.52 bits per heavy atom. The third kappa shape index (κ3) is 3.60. The molecule has 2 nitrogen and oxygen atoms in total. The van der Waals surface area contributed by atoms with E-state index < -0.39 is 0 Å². The summed E-state index contributed by atoms with van der Waals surface area (Å²) in [5.41, 5.74) is 2.84. The average molecular weight is 287 g/mol. The predicted octanol–water partition coefficient (Wildman–Crippen LogP) is 4.34. The van der Waals surface area contributed by atoms with Gasteiger partial charge in [0, 0.05) is 19.1 Å². The highest BCUT2D eigenvalue weighted by atomic mass is 16.5. The molecule has 1 heterocycles. The number of benzene rings is 1. The number of ether oxygens (including phenoxy) is 1. The number of piperidine rings is 1. The summed E-state index contributed by atoms with van der Waals surface area (Å²) in [4.78, 5) is 2.68. The van der Waals surface area contributed by atoms with Crippen LogP contribution in [0.5, 0.6) is 5.75 Å². The van der Waals surface area contributed by atoms with E-state index in [0.717, 1.165) is 18.2 Å². The number of hydrogen-bond acceptors (Lipinski definition) is 2. The minimum atomic E-state index is 0.415. The fourth-order valence-electron chi connectivity index (χ4n) is 3.56. The monoisotopic (exact) mass is 287 g/mol. The molecule has 0 bridgehead atoms. The fraction of sp³-hybridized carbons (Fsp3) is 0.684. The van der Waals surface area contributed by atoms with Gasteiger partial charge in [0.25, 0.3) is 0 Å². The molecule has 21 heavy (non-hydrogen) atoms. The molecule has 3 rings (SSSR count). The zero-order valence-electron chi connectivity index (χ0n) is 13.6. The summed E-state index contributed by atoms with van der Waals surface area (Å²) in [5.74, 6) is 1.08. The lowest BCUT2D eigenvalue weighted by molar-refractivity contribution is 0.0493. The van der Waals surface area contributed by atoms with Gasteiger partial charge in [-0.25, -0.2) is 0 Å². The van der Waals surface area contributed by atoms with E-state index in [4.69, 9.17) is 4.74 Å². The number of likely N-dealkylation sites (tertiary alicyclic amines) is 1. The molecular formula is C19H29NO. The zero-order chi connectivity index (χ0) is 14.7. The molecule has 116 valence electrons. The molecule has 0 N–H and O–H groups in total. The summed E-state index contributed by atoms with van der Waals surface area (Å²) < 4.78 is 6.25. The highest BCUT2D eigenvalue weighted by Gasteiger charge is 2.29. The first-order valence-electron chi connectivity index (χ1n) is 8.76. The summed E-state index contributed by atoms with van der Waals surface area (Å²) in [6.45, 7) is 6.89. The van der Waals surface area contributed by atoms with Crippen LogP contribution in [0.1, 0.15) is 56.6 Å². The molecular weight excluding hydrogens is 258 g/mol. The van der Waals surface area contributed by atoms with Crippen LogP contribution in [0.2, 0.25) is 0 Å². The molecule has 0 atom stereocenters. The molecule has 2 fully saturated rings. The Hall–Kier alpha value is -1.02. The topological polar surface area (TPSA) is 12.5 Å². The minimum absolute atomic E-state index is 0.415. The molecule has 0 unspecified atom stereocenters. The predicted molar refractivity (Wildman–Crippen MR) is 88.0 cm³/mol. The third-order valence-electron chi connectivity index (χ3n) is 5.21. The van der Waals surface area contributed by atoms with Crippen molar-refractivity contribution >= 4 is 0 Å². The molecule has 1 saturated carbocycles. The molecule has 2 heteroatoms. The maximum Gasteiger partial charge on any atom is 0.120 e. The maximum atomic E-state index is 6.25. The van der Waals surface area contributed by atoms with Crippen molar-refractivity contribution in [1.82, 2.24) is 4.90 Å². The standard InChI is InChI=1S/C19H29NO/c1-3-5-16-14-19(9-8-15(16)2)21-18-10-12-20(13-11-18)17-6-4-7-17/h8-9,14,17-18H,3-7,10-13H2,1-2H3. The van der Waals surface area contributed by atoms with Crippen LogP contribution in [-0.4, -0.2) is 30.1 Å². The van der Waals surface area contributed by atoms with Crippen molar-refractivity contribution < 1.29 is 4.74 Å². The Labute approximate surface area is 129 Å². The summed E-state index contributed by atoms with van der Waals surface area (Å²) in [5, 5.41) is 0. The third-order valence-corrected chi connectivity index (χ3v) is 5.21. The van der Waals surface area contributed by atoms with Crippen molar-refractivity contribution in [1.29, 1.82) is 0 Å². The van der Waals surface area contributed by atoms with Crippen molar-refractivity contribution in [3.05, 3.63) is 29.3 Å². The highest BCUT2D eigenvalue weighted by Crippen LogP contribution is 2.29. The molecule has 1 aliphatic carbocycles. The van der Waals surface area contributed by atoms with E-state index in [2.05, 4.69) is 36.9 Å². The Bertz CT molecular complexity index is 459. The van der Waals surface area contributed by atoms with Crippen molar-refractivity contribution in [3.63, 3.8) is 0 Å². The van der Waals surface area contributed by atoms with Gasteiger partial charge in [-0.1, -0.05) is 25.8 Å². The van der Waals surface area contributed by atoms with Gasteiger partial charge in [0.1, 0.15) is 11.9 Å². The van der Waals surface area contributed by atoms with E-state index in [1.54, 1.807) is 0 Å². The second-order valence-corrected chi connectivity index (χ2v) is 6.78. The van der Waals surface area contributed by atoms with E-state index in [1.165, 1.54) is 62.7 Å². The van der Waals surface area contributed by atoms with Crippen molar-refractivity contribution in [2.24, 2.45) is 0 Å². The van der Waals surface area contributed by atoms with E-state index in [1.807, 2.05) is 0 Å². The van der Waals surface area contributed by atoms with Gasteiger partial charge in [-0.2, -0.15) is 0 Å². The van der Waals surface area contributed by atoms with Crippen LogP contribution < -0.4 is 4.74 Å². The van der Waals surface area contributed by atoms with Crippen LogP contribution in [0, 0.1) is 6.92 Å².